The third-order valence-electron chi connectivity index (χ3n) is 2.18. The lowest BCUT2D eigenvalue weighted by atomic mass is 10.3. The van der Waals surface area contributed by atoms with E-state index in [1.54, 1.807) is 12.1 Å². The Bertz CT molecular complexity index is 479. The fourth-order valence-electron chi connectivity index (χ4n) is 1.29. The molecule has 94 valence electrons. The van der Waals surface area contributed by atoms with Gasteiger partial charge in [-0.25, -0.2) is 8.42 Å². The number of carboxylic acid groups (broad SMARTS) is 1. The zero-order valence-corrected chi connectivity index (χ0v) is 10.3. The van der Waals surface area contributed by atoms with Crippen LogP contribution in [-0.4, -0.2) is 32.3 Å². The van der Waals surface area contributed by atoms with Gasteiger partial charge < -0.3 is 10.4 Å². The molecule has 0 heterocycles. The van der Waals surface area contributed by atoms with Gasteiger partial charge in [-0.15, -0.1) is 0 Å². The summed E-state index contributed by atoms with van der Waals surface area (Å²) in [5, 5.41) is 11.5. The van der Waals surface area contributed by atoms with Crippen LogP contribution in [0, 0.1) is 0 Å². The number of hydrogen-bond acceptors (Lipinski definition) is 4. The Morgan fingerprint density at radius 2 is 1.88 bits per heavy atom. The quantitative estimate of drug-likeness (QED) is 0.752. The normalized spacial score (nSPS) is 11.1. The van der Waals surface area contributed by atoms with E-state index in [-0.39, 0.29) is 11.3 Å². The van der Waals surface area contributed by atoms with Crippen molar-refractivity contribution in [3.63, 3.8) is 0 Å². The molecular formula is C11H15NO4S. The predicted octanol–water partition coefficient (Wildman–Crippen LogP) is 1.37. The van der Waals surface area contributed by atoms with Gasteiger partial charge in [-0.1, -0.05) is 0 Å². The molecule has 0 aromatic heterocycles. The molecule has 17 heavy (non-hydrogen) atoms. The van der Waals surface area contributed by atoms with Crippen molar-refractivity contribution in [3.05, 3.63) is 24.3 Å². The largest absolute Gasteiger partial charge is 0.481 e. The van der Waals surface area contributed by atoms with Crippen LogP contribution >= 0.6 is 0 Å². The fourth-order valence-corrected chi connectivity index (χ4v) is 1.92. The van der Waals surface area contributed by atoms with Gasteiger partial charge in [-0.3, -0.25) is 4.79 Å². The average Bonchev–Trinajstić information content (AvgIpc) is 2.23. The highest BCUT2D eigenvalue weighted by molar-refractivity contribution is 7.90. The van der Waals surface area contributed by atoms with E-state index in [1.165, 1.54) is 12.1 Å². The highest BCUT2D eigenvalue weighted by Crippen LogP contribution is 2.13. The van der Waals surface area contributed by atoms with Gasteiger partial charge in [0, 0.05) is 24.9 Å². The zero-order valence-electron chi connectivity index (χ0n) is 9.51. The van der Waals surface area contributed by atoms with Crippen LogP contribution in [0.5, 0.6) is 0 Å². The van der Waals surface area contributed by atoms with Gasteiger partial charge >= 0.3 is 5.97 Å². The van der Waals surface area contributed by atoms with Crippen molar-refractivity contribution in [1.82, 2.24) is 0 Å². The molecule has 1 aromatic rings. The molecule has 1 aromatic carbocycles. The molecule has 1 rings (SSSR count). The minimum Gasteiger partial charge on any atom is -0.481 e. The van der Waals surface area contributed by atoms with Gasteiger partial charge in [0.1, 0.15) is 0 Å². The highest BCUT2D eigenvalue weighted by Gasteiger charge is 2.05. The van der Waals surface area contributed by atoms with Crippen molar-refractivity contribution in [1.29, 1.82) is 0 Å². The predicted molar refractivity (Wildman–Crippen MR) is 64.9 cm³/mol. The molecule has 0 saturated carbocycles. The van der Waals surface area contributed by atoms with Crippen molar-refractivity contribution in [3.8, 4) is 0 Å². The number of sulfone groups is 1. The Morgan fingerprint density at radius 3 is 2.35 bits per heavy atom. The van der Waals surface area contributed by atoms with Crippen LogP contribution < -0.4 is 5.32 Å². The lowest BCUT2D eigenvalue weighted by Gasteiger charge is -2.06. The second-order valence-electron chi connectivity index (χ2n) is 3.72. The molecule has 2 N–H and O–H groups in total. The number of rotatable bonds is 6. The van der Waals surface area contributed by atoms with Crippen LogP contribution in [0.25, 0.3) is 0 Å². The van der Waals surface area contributed by atoms with Crippen LogP contribution in [0.15, 0.2) is 29.2 Å². The maximum Gasteiger partial charge on any atom is 0.303 e. The second kappa shape index (κ2) is 5.67. The van der Waals surface area contributed by atoms with Gasteiger partial charge in [-0.05, 0) is 30.7 Å². The standard InChI is InChI=1S/C11H15NO4S/c1-17(15,16)10-6-4-9(5-7-10)12-8-2-3-11(13)14/h4-7,12H,2-3,8H2,1H3,(H,13,14). The number of benzene rings is 1. The first-order valence-corrected chi connectivity index (χ1v) is 7.04. The lowest BCUT2D eigenvalue weighted by molar-refractivity contribution is -0.137. The summed E-state index contributed by atoms with van der Waals surface area (Å²) in [5.41, 5.74) is 0.780. The maximum absolute atomic E-state index is 11.2. The summed E-state index contributed by atoms with van der Waals surface area (Å²) >= 11 is 0. The zero-order chi connectivity index (χ0) is 12.9. The monoisotopic (exact) mass is 257 g/mol. The maximum atomic E-state index is 11.2. The van der Waals surface area contributed by atoms with E-state index in [0.717, 1.165) is 11.9 Å². The van der Waals surface area contributed by atoms with E-state index in [4.69, 9.17) is 5.11 Å². The highest BCUT2D eigenvalue weighted by atomic mass is 32.2. The molecule has 0 aliphatic carbocycles. The Balaban J connectivity index is 2.49. The third-order valence-corrected chi connectivity index (χ3v) is 3.31. The van der Waals surface area contributed by atoms with E-state index < -0.39 is 15.8 Å². The molecule has 5 nitrogen and oxygen atoms in total. The lowest BCUT2D eigenvalue weighted by Crippen LogP contribution is -2.05. The smallest absolute Gasteiger partial charge is 0.303 e. The first-order chi connectivity index (χ1) is 7.89. The van der Waals surface area contributed by atoms with Gasteiger partial charge in [0.05, 0.1) is 4.90 Å². The molecule has 0 aliphatic rings. The molecule has 0 saturated heterocycles. The van der Waals surface area contributed by atoms with E-state index in [0.29, 0.717) is 13.0 Å². The number of hydrogen-bond donors (Lipinski definition) is 2. The molecule has 6 heteroatoms. The van der Waals surface area contributed by atoms with Crippen molar-refractivity contribution in [2.24, 2.45) is 0 Å². The fraction of sp³-hybridized carbons (Fsp3) is 0.364. The Labute approximate surface area is 100 Å². The van der Waals surface area contributed by atoms with Crippen molar-refractivity contribution in [2.45, 2.75) is 17.7 Å². The van der Waals surface area contributed by atoms with Crippen molar-refractivity contribution >= 4 is 21.5 Å². The molecule has 0 unspecified atom stereocenters. The van der Waals surface area contributed by atoms with Gasteiger partial charge in [0.2, 0.25) is 0 Å². The molecule has 0 spiro atoms. The molecule has 0 bridgehead atoms. The number of carboxylic acids is 1. The Hall–Kier alpha value is -1.56. The molecule has 0 radical (unpaired) electrons. The summed E-state index contributed by atoms with van der Waals surface area (Å²) in [6.45, 7) is 0.546. The van der Waals surface area contributed by atoms with Gasteiger partial charge in [-0.2, -0.15) is 0 Å². The first kappa shape index (κ1) is 13.5. The summed E-state index contributed by atoms with van der Waals surface area (Å²) in [5.74, 6) is -0.820. The van der Waals surface area contributed by atoms with Crippen molar-refractivity contribution in [2.75, 3.05) is 18.1 Å². The van der Waals surface area contributed by atoms with Gasteiger partial charge in [0.25, 0.3) is 0 Å². The topological polar surface area (TPSA) is 83.5 Å². The average molecular weight is 257 g/mol. The molecule has 0 atom stereocenters. The van der Waals surface area contributed by atoms with Crippen LogP contribution in [0.2, 0.25) is 0 Å². The number of nitrogens with one attached hydrogen (secondary N) is 1. The Morgan fingerprint density at radius 1 is 1.29 bits per heavy atom. The van der Waals surface area contributed by atoms with E-state index in [2.05, 4.69) is 5.32 Å². The van der Waals surface area contributed by atoms with Crippen LogP contribution in [0.3, 0.4) is 0 Å². The molecule has 0 fully saturated rings. The van der Waals surface area contributed by atoms with E-state index >= 15 is 0 Å². The number of anilines is 1. The minimum absolute atomic E-state index is 0.119. The molecule has 0 amide bonds. The number of aliphatic carboxylic acids is 1. The first-order valence-electron chi connectivity index (χ1n) is 5.15. The summed E-state index contributed by atoms with van der Waals surface area (Å²) < 4.78 is 22.4. The van der Waals surface area contributed by atoms with Crippen LogP contribution in [0.4, 0.5) is 5.69 Å². The SMILES string of the molecule is CS(=O)(=O)c1ccc(NCCCC(=O)O)cc1. The Kier molecular flexibility index (Phi) is 4.51. The molecule has 0 aliphatic heterocycles. The van der Waals surface area contributed by atoms with Crippen molar-refractivity contribution < 1.29 is 18.3 Å². The van der Waals surface area contributed by atoms with Crippen LogP contribution in [-0.2, 0) is 14.6 Å². The summed E-state index contributed by atoms with van der Waals surface area (Å²) in [7, 11) is -3.16. The summed E-state index contributed by atoms with van der Waals surface area (Å²) in [6.07, 6.45) is 1.81. The summed E-state index contributed by atoms with van der Waals surface area (Å²) in [4.78, 5) is 10.5. The van der Waals surface area contributed by atoms with E-state index in [1.807, 2.05) is 0 Å². The second-order valence-corrected chi connectivity index (χ2v) is 5.74. The van der Waals surface area contributed by atoms with Gasteiger partial charge in [0.15, 0.2) is 9.84 Å². The summed E-state index contributed by atoms with van der Waals surface area (Å²) in [6, 6.07) is 6.37. The minimum atomic E-state index is -3.16. The third kappa shape index (κ3) is 4.86. The van der Waals surface area contributed by atoms with E-state index in [9.17, 15) is 13.2 Å². The van der Waals surface area contributed by atoms with Crippen LogP contribution in [0.1, 0.15) is 12.8 Å². The molecular weight excluding hydrogens is 242 g/mol. The number of carbonyl (C=O) groups is 1.